The summed E-state index contributed by atoms with van der Waals surface area (Å²) in [6.45, 7) is 4.11. The van der Waals surface area contributed by atoms with Crippen molar-refractivity contribution < 1.29 is 4.79 Å². The van der Waals surface area contributed by atoms with E-state index in [4.69, 9.17) is 12.2 Å². The Morgan fingerprint density at radius 3 is 2.89 bits per heavy atom. The molecule has 0 spiro atoms. The van der Waals surface area contributed by atoms with E-state index in [-0.39, 0.29) is 18.0 Å². The van der Waals surface area contributed by atoms with Gasteiger partial charge in [-0.1, -0.05) is 0 Å². The monoisotopic (exact) mass is 314 g/mol. The van der Waals surface area contributed by atoms with Crippen LogP contribution in [0.3, 0.4) is 0 Å². The van der Waals surface area contributed by atoms with Gasteiger partial charge in [-0.05, 0) is 56.6 Å². The lowest BCUT2D eigenvalue weighted by Gasteiger charge is -2.22. The molecule has 2 rings (SSSR count). The number of nitrogens with zero attached hydrogens (tertiary/aromatic N) is 1. The van der Waals surface area contributed by atoms with E-state index < -0.39 is 0 Å². The number of thiophene rings is 1. The Morgan fingerprint density at radius 1 is 1.58 bits per heavy atom. The molecule has 19 heavy (non-hydrogen) atoms. The second-order valence-electron chi connectivity index (χ2n) is 4.62. The van der Waals surface area contributed by atoms with Gasteiger partial charge in [-0.2, -0.15) is 11.8 Å². The summed E-state index contributed by atoms with van der Waals surface area (Å²) in [5.74, 6) is 1.07. The molecule has 1 N–H and O–H groups in total. The fraction of sp³-hybridized carbons (Fsp3) is 0.538. The van der Waals surface area contributed by atoms with Crippen LogP contribution in [0.25, 0.3) is 0 Å². The van der Waals surface area contributed by atoms with Crippen molar-refractivity contribution in [2.24, 2.45) is 0 Å². The molecule has 1 aliphatic rings. The van der Waals surface area contributed by atoms with Gasteiger partial charge in [0, 0.05) is 9.75 Å². The summed E-state index contributed by atoms with van der Waals surface area (Å²) < 4.78 is 0. The second-order valence-corrected chi connectivity index (χ2v) is 7.31. The molecule has 104 valence electrons. The number of aryl methyl sites for hydroxylation is 1. The lowest BCUT2D eigenvalue weighted by atomic mass is 10.2. The van der Waals surface area contributed by atoms with Gasteiger partial charge in [0.2, 0.25) is 0 Å². The van der Waals surface area contributed by atoms with Gasteiger partial charge in [-0.15, -0.1) is 11.3 Å². The Labute approximate surface area is 127 Å². The third kappa shape index (κ3) is 3.12. The fourth-order valence-corrected chi connectivity index (χ4v) is 3.93. The van der Waals surface area contributed by atoms with Gasteiger partial charge in [0.25, 0.3) is 5.91 Å². The molecule has 2 heterocycles. The third-order valence-electron chi connectivity index (χ3n) is 3.22. The van der Waals surface area contributed by atoms with Gasteiger partial charge in [0.1, 0.15) is 6.04 Å². The minimum atomic E-state index is -0.150. The predicted octanol–water partition coefficient (Wildman–Crippen LogP) is 2.96. The zero-order chi connectivity index (χ0) is 14.0. The number of carbonyl (C=O) groups excluding carboxylic acids is 1. The van der Waals surface area contributed by atoms with Crippen LogP contribution < -0.4 is 5.32 Å². The van der Waals surface area contributed by atoms with E-state index >= 15 is 0 Å². The molecule has 3 nitrogen and oxygen atoms in total. The van der Waals surface area contributed by atoms with Crippen LogP contribution in [-0.4, -0.2) is 34.0 Å². The van der Waals surface area contributed by atoms with Gasteiger partial charge >= 0.3 is 0 Å². The summed E-state index contributed by atoms with van der Waals surface area (Å²) in [5, 5.41) is 3.71. The van der Waals surface area contributed by atoms with Crippen molar-refractivity contribution in [1.29, 1.82) is 0 Å². The van der Waals surface area contributed by atoms with E-state index in [9.17, 15) is 4.79 Å². The van der Waals surface area contributed by atoms with Crippen molar-refractivity contribution in [3.63, 3.8) is 0 Å². The predicted molar refractivity (Wildman–Crippen MR) is 86.8 cm³/mol. The molecule has 6 heteroatoms. The lowest BCUT2D eigenvalue weighted by Crippen LogP contribution is -2.33. The summed E-state index contributed by atoms with van der Waals surface area (Å²) >= 11 is 8.79. The smallest absolute Gasteiger partial charge is 0.251 e. The Bertz CT molecular complexity index is 486. The SMILES string of the molecule is CSCC[C@@H]1NC(=S)N([C@H](C)c2ccc(C)s2)C1=O. The Morgan fingerprint density at radius 2 is 2.32 bits per heavy atom. The average molecular weight is 315 g/mol. The van der Waals surface area contributed by atoms with E-state index in [0.717, 1.165) is 12.2 Å². The third-order valence-corrected chi connectivity index (χ3v) is 5.35. The first-order valence-electron chi connectivity index (χ1n) is 6.23. The standard InChI is InChI=1S/C13H18N2OS3/c1-8-4-5-11(19-8)9(2)15-12(16)10(6-7-18-3)14-13(15)17/h4-5,9-10H,6-7H2,1-3H3,(H,14,17)/t9-,10+/m1/s1. The highest BCUT2D eigenvalue weighted by atomic mass is 32.2. The van der Waals surface area contributed by atoms with Crippen LogP contribution >= 0.6 is 35.3 Å². The molecule has 0 bridgehead atoms. The molecule has 0 radical (unpaired) electrons. The van der Waals surface area contributed by atoms with Crippen molar-refractivity contribution in [1.82, 2.24) is 10.2 Å². The van der Waals surface area contributed by atoms with Crippen molar-refractivity contribution in [3.8, 4) is 0 Å². The maximum absolute atomic E-state index is 12.4. The number of nitrogens with one attached hydrogen (secondary N) is 1. The fourth-order valence-electron chi connectivity index (χ4n) is 2.15. The second kappa shape index (κ2) is 6.24. The molecule has 1 aliphatic heterocycles. The van der Waals surface area contributed by atoms with Crippen LogP contribution in [0.5, 0.6) is 0 Å². The minimum absolute atomic E-state index is 0.0190. The van der Waals surface area contributed by atoms with Crippen LogP contribution in [-0.2, 0) is 4.79 Å². The molecule has 0 aromatic carbocycles. The van der Waals surface area contributed by atoms with Crippen molar-refractivity contribution in [3.05, 3.63) is 21.9 Å². The number of rotatable bonds is 5. The number of thioether (sulfide) groups is 1. The first-order valence-corrected chi connectivity index (χ1v) is 8.85. The minimum Gasteiger partial charge on any atom is -0.350 e. The molecule has 0 saturated carbocycles. The normalized spacial score (nSPS) is 20.8. The summed E-state index contributed by atoms with van der Waals surface area (Å²) in [7, 11) is 0. The van der Waals surface area contributed by atoms with Crippen molar-refractivity contribution in [2.75, 3.05) is 12.0 Å². The van der Waals surface area contributed by atoms with E-state index in [0.29, 0.717) is 5.11 Å². The molecular formula is C13H18N2OS3. The number of amides is 1. The highest BCUT2D eigenvalue weighted by molar-refractivity contribution is 7.98. The van der Waals surface area contributed by atoms with E-state index in [1.165, 1.54) is 9.75 Å². The Kier molecular flexibility index (Phi) is 4.86. The average Bonchev–Trinajstić information content (AvgIpc) is 2.91. The highest BCUT2D eigenvalue weighted by Crippen LogP contribution is 2.30. The number of thiocarbonyl (C=S) groups is 1. The first kappa shape index (κ1) is 14.8. The van der Waals surface area contributed by atoms with Crippen LogP contribution in [0.1, 0.15) is 29.1 Å². The summed E-state index contributed by atoms with van der Waals surface area (Å²) in [5.41, 5.74) is 0. The zero-order valence-electron chi connectivity index (χ0n) is 11.3. The van der Waals surface area contributed by atoms with Crippen LogP contribution in [0.4, 0.5) is 0 Å². The van der Waals surface area contributed by atoms with E-state index in [2.05, 4.69) is 24.4 Å². The molecule has 2 atom stereocenters. The molecule has 1 aromatic rings. The molecule has 0 unspecified atom stereocenters. The molecule has 1 amide bonds. The van der Waals surface area contributed by atoms with Crippen LogP contribution in [0.2, 0.25) is 0 Å². The summed E-state index contributed by atoms with van der Waals surface area (Å²) in [6, 6.07) is 4.03. The van der Waals surface area contributed by atoms with Gasteiger partial charge in [-0.3, -0.25) is 9.69 Å². The number of hydrogen-bond donors (Lipinski definition) is 1. The first-order chi connectivity index (χ1) is 9.04. The summed E-state index contributed by atoms with van der Waals surface area (Å²) in [6.07, 6.45) is 2.87. The highest BCUT2D eigenvalue weighted by Gasteiger charge is 2.38. The molecule has 1 fully saturated rings. The van der Waals surface area contributed by atoms with Gasteiger partial charge in [-0.25, -0.2) is 0 Å². The van der Waals surface area contributed by atoms with E-state index in [1.807, 2.05) is 13.2 Å². The van der Waals surface area contributed by atoms with Crippen LogP contribution in [0.15, 0.2) is 12.1 Å². The van der Waals surface area contributed by atoms with Gasteiger partial charge in [0.05, 0.1) is 6.04 Å². The lowest BCUT2D eigenvalue weighted by molar-refractivity contribution is -0.128. The number of carbonyl (C=O) groups is 1. The quantitative estimate of drug-likeness (QED) is 0.847. The molecular weight excluding hydrogens is 296 g/mol. The van der Waals surface area contributed by atoms with Crippen molar-refractivity contribution in [2.45, 2.75) is 32.4 Å². The Hall–Kier alpha value is -0.590. The zero-order valence-corrected chi connectivity index (χ0v) is 13.8. The maximum atomic E-state index is 12.4. The Balaban J connectivity index is 2.11. The van der Waals surface area contributed by atoms with Gasteiger partial charge < -0.3 is 5.32 Å². The van der Waals surface area contributed by atoms with Crippen molar-refractivity contribution >= 4 is 46.3 Å². The van der Waals surface area contributed by atoms with E-state index in [1.54, 1.807) is 28.0 Å². The summed E-state index contributed by atoms with van der Waals surface area (Å²) in [4.78, 5) is 16.6. The number of hydrogen-bond acceptors (Lipinski definition) is 4. The largest absolute Gasteiger partial charge is 0.350 e. The molecule has 1 aromatic heterocycles. The molecule has 1 saturated heterocycles. The maximum Gasteiger partial charge on any atom is 0.251 e. The topological polar surface area (TPSA) is 32.3 Å². The van der Waals surface area contributed by atoms with Crippen LogP contribution in [0, 0.1) is 6.92 Å². The molecule has 0 aliphatic carbocycles. The van der Waals surface area contributed by atoms with Gasteiger partial charge in [0.15, 0.2) is 5.11 Å².